The predicted octanol–water partition coefficient (Wildman–Crippen LogP) is 2.96. The van der Waals surface area contributed by atoms with Gasteiger partial charge in [-0.15, -0.1) is 0 Å². The number of benzene rings is 1. The van der Waals surface area contributed by atoms with Crippen molar-refractivity contribution in [2.45, 2.75) is 51.4 Å². The Hall–Kier alpha value is -1.65. The molecule has 0 unspecified atom stereocenters. The summed E-state index contributed by atoms with van der Waals surface area (Å²) in [5.74, 6) is -0.308. The average molecular weight is 289 g/mol. The van der Waals surface area contributed by atoms with Crippen LogP contribution >= 0.6 is 0 Å². The quantitative estimate of drug-likeness (QED) is 0.527. The molecule has 1 aliphatic carbocycles. The summed E-state index contributed by atoms with van der Waals surface area (Å²) in [5, 5.41) is 11.0. The molecule has 0 heterocycles. The van der Waals surface area contributed by atoms with E-state index >= 15 is 0 Å². The van der Waals surface area contributed by atoms with Crippen molar-refractivity contribution in [2.75, 3.05) is 0 Å². The molecule has 0 aliphatic heterocycles. The Kier molecular flexibility index (Phi) is 4.80. The Morgan fingerprint density at radius 2 is 2.00 bits per heavy atom. The van der Waals surface area contributed by atoms with Crippen LogP contribution in [0.3, 0.4) is 0 Å². The van der Waals surface area contributed by atoms with Crippen molar-refractivity contribution in [2.24, 2.45) is 0 Å². The number of nitrogens with zero attached hydrogens (tertiary/aromatic N) is 1. The van der Waals surface area contributed by atoms with Crippen molar-refractivity contribution >= 4 is 5.91 Å². The van der Waals surface area contributed by atoms with E-state index in [-0.39, 0.29) is 30.1 Å². The van der Waals surface area contributed by atoms with Crippen LogP contribution in [0.4, 0.5) is 0 Å². The third kappa shape index (κ3) is 4.41. The summed E-state index contributed by atoms with van der Waals surface area (Å²) in [6.07, 6.45) is 4.39. The first-order chi connectivity index (χ1) is 9.87. The van der Waals surface area contributed by atoms with E-state index in [0.29, 0.717) is 6.42 Å². The maximum Gasteiger partial charge on any atom is 0.250 e. The Bertz CT molecular complexity index is 505. The summed E-state index contributed by atoms with van der Waals surface area (Å²) in [5.41, 5.74) is 0.571. The van der Waals surface area contributed by atoms with Gasteiger partial charge in [0, 0.05) is 0 Å². The SMILES string of the molecule is CC(C)(C)O[C@H]1C=CC[C@@H]1N(O)C(=O)Cc1ccccc1. The minimum atomic E-state index is -0.347. The largest absolute Gasteiger partial charge is 0.366 e. The fourth-order valence-electron chi connectivity index (χ4n) is 2.42. The smallest absolute Gasteiger partial charge is 0.250 e. The molecule has 2 rings (SSSR count). The molecule has 114 valence electrons. The maximum absolute atomic E-state index is 12.2. The second-order valence-corrected chi connectivity index (χ2v) is 6.33. The van der Waals surface area contributed by atoms with Crippen molar-refractivity contribution in [3.63, 3.8) is 0 Å². The van der Waals surface area contributed by atoms with Gasteiger partial charge in [0.05, 0.1) is 24.2 Å². The van der Waals surface area contributed by atoms with Crippen LogP contribution in [-0.2, 0) is 16.0 Å². The van der Waals surface area contributed by atoms with E-state index in [0.717, 1.165) is 10.6 Å². The number of hydrogen-bond acceptors (Lipinski definition) is 3. The molecule has 4 nitrogen and oxygen atoms in total. The maximum atomic E-state index is 12.2. The lowest BCUT2D eigenvalue weighted by molar-refractivity contribution is -0.189. The topological polar surface area (TPSA) is 49.8 Å². The Morgan fingerprint density at radius 1 is 1.33 bits per heavy atom. The highest BCUT2D eigenvalue weighted by molar-refractivity contribution is 5.78. The van der Waals surface area contributed by atoms with Gasteiger partial charge in [-0.2, -0.15) is 0 Å². The van der Waals surface area contributed by atoms with E-state index in [1.54, 1.807) is 0 Å². The van der Waals surface area contributed by atoms with Crippen molar-refractivity contribution in [1.82, 2.24) is 5.06 Å². The molecule has 1 aromatic carbocycles. The lowest BCUT2D eigenvalue weighted by atomic mass is 10.1. The van der Waals surface area contributed by atoms with Gasteiger partial charge in [0.2, 0.25) is 0 Å². The van der Waals surface area contributed by atoms with E-state index in [2.05, 4.69) is 0 Å². The molecule has 4 heteroatoms. The summed E-state index contributed by atoms with van der Waals surface area (Å²) < 4.78 is 5.89. The highest BCUT2D eigenvalue weighted by atomic mass is 16.5. The Labute approximate surface area is 126 Å². The molecule has 1 N–H and O–H groups in total. The highest BCUT2D eigenvalue weighted by Crippen LogP contribution is 2.24. The average Bonchev–Trinajstić information content (AvgIpc) is 2.84. The van der Waals surface area contributed by atoms with Crippen LogP contribution in [0.1, 0.15) is 32.8 Å². The van der Waals surface area contributed by atoms with E-state index in [9.17, 15) is 10.0 Å². The van der Waals surface area contributed by atoms with Crippen molar-refractivity contribution < 1.29 is 14.7 Å². The van der Waals surface area contributed by atoms with Gasteiger partial charge in [-0.1, -0.05) is 42.5 Å². The molecule has 1 aromatic rings. The number of carbonyl (C=O) groups is 1. The van der Waals surface area contributed by atoms with Crippen LogP contribution in [0.5, 0.6) is 0 Å². The third-order valence-corrected chi connectivity index (χ3v) is 3.34. The summed E-state index contributed by atoms with van der Waals surface area (Å²) >= 11 is 0. The third-order valence-electron chi connectivity index (χ3n) is 3.34. The molecule has 0 spiro atoms. The second kappa shape index (κ2) is 6.41. The van der Waals surface area contributed by atoms with Gasteiger partial charge in [-0.3, -0.25) is 10.0 Å². The molecule has 0 radical (unpaired) electrons. The number of rotatable bonds is 4. The molecule has 21 heavy (non-hydrogen) atoms. The summed E-state index contributed by atoms with van der Waals surface area (Å²) in [6.45, 7) is 5.89. The first-order valence-corrected chi connectivity index (χ1v) is 7.26. The van der Waals surface area contributed by atoms with Gasteiger partial charge < -0.3 is 4.74 Å². The zero-order valence-corrected chi connectivity index (χ0v) is 12.8. The molecule has 0 fully saturated rings. The molecule has 1 amide bonds. The Balaban J connectivity index is 1.98. The standard InChI is InChI=1S/C17H23NO3/c1-17(2,3)21-15-11-7-10-14(15)18(20)16(19)12-13-8-5-4-6-9-13/h4-9,11,14-15,20H,10,12H2,1-3H3/t14-,15-/m0/s1. The van der Waals surface area contributed by atoms with Gasteiger partial charge >= 0.3 is 0 Å². The van der Waals surface area contributed by atoms with E-state index in [4.69, 9.17) is 4.74 Å². The fraction of sp³-hybridized carbons (Fsp3) is 0.471. The normalized spacial score (nSPS) is 21.5. The number of amides is 1. The van der Waals surface area contributed by atoms with Gasteiger partial charge in [-0.25, -0.2) is 5.06 Å². The van der Waals surface area contributed by atoms with Crippen LogP contribution in [0.25, 0.3) is 0 Å². The van der Waals surface area contributed by atoms with Crippen molar-refractivity contribution in [3.8, 4) is 0 Å². The molecule has 2 atom stereocenters. The number of ether oxygens (including phenoxy) is 1. The fourth-order valence-corrected chi connectivity index (χ4v) is 2.42. The van der Waals surface area contributed by atoms with Crippen molar-refractivity contribution in [3.05, 3.63) is 48.0 Å². The predicted molar refractivity (Wildman–Crippen MR) is 80.9 cm³/mol. The van der Waals surface area contributed by atoms with Gasteiger partial charge in [-0.05, 0) is 32.8 Å². The molecule has 0 saturated carbocycles. The van der Waals surface area contributed by atoms with Crippen LogP contribution in [0.2, 0.25) is 0 Å². The summed E-state index contributed by atoms with van der Waals surface area (Å²) in [7, 11) is 0. The van der Waals surface area contributed by atoms with Crippen LogP contribution in [-0.4, -0.2) is 33.9 Å². The second-order valence-electron chi connectivity index (χ2n) is 6.33. The van der Waals surface area contributed by atoms with Crippen LogP contribution in [0.15, 0.2) is 42.5 Å². The first kappa shape index (κ1) is 15.7. The zero-order chi connectivity index (χ0) is 15.5. The molecule has 0 saturated heterocycles. The number of carbonyl (C=O) groups excluding carboxylic acids is 1. The van der Waals surface area contributed by atoms with Gasteiger partial charge in [0.1, 0.15) is 0 Å². The molecule has 0 bridgehead atoms. The lowest BCUT2D eigenvalue weighted by Gasteiger charge is -2.32. The molecule has 0 aromatic heterocycles. The minimum Gasteiger partial charge on any atom is -0.366 e. The van der Waals surface area contributed by atoms with Gasteiger partial charge in [0.15, 0.2) is 0 Å². The van der Waals surface area contributed by atoms with E-state index in [1.807, 2.05) is 63.3 Å². The van der Waals surface area contributed by atoms with Crippen LogP contribution < -0.4 is 0 Å². The molecular weight excluding hydrogens is 266 g/mol. The molecular formula is C17H23NO3. The first-order valence-electron chi connectivity index (χ1n) is 7.26. The molecule has 1 aliphatic rings. The van der Waals surface area contributed by atoms with Gasteiger partial charge in [0.25, 0.3) is 5.91 Å². The lowest BCUT2D eigenvalue weighted by Crippen LogP contribution is -2.46. The van der Waals surface area contributed by atoms with Crippen LogP contribution in [0, 0.1) is 0 Å². The van der Waals surface area contributed by atoms with E-state index < -0.39 is 0 Å². The minimum absolute atomic E-state index is 0.191. The summed E-state index contributed by atoms with van der Waals surface area (Å²) in [4.78, 5) is 12.2. The summed E-state index contributed by atoms with van der Waals surface area (Å²) in [6, 6.07) is 9.07. The zero-order valence-electron chi connectivity index (χ0n) is 12.8. The monoisotopic (exact) mass is 289 g/mol. The van der Waals surface area contributed by atoms with Crippen molar-refractivity contribution in [1.29, 1.82) is 0 Å². The Morgan fingerprint density at radius 3 is 2.62 bits per heavy atom. The number of hydrogen-bond donors (Lipinski definition) is 1. The van der Waals surface area contributed by atoms with E-state index in [1.165, 1.54) is 0 Å². The number of hydroxylamine groups is 2. The highest BCUT2D eigenvalue weighted by Gasteiger charge is 2.34.